The van der Waals surface area contributed by atoms with Crippen molar-refractivity contribution in [2.75, 3.05) is 6.26 Å². The molecule has 0 amide bonds. The molecule has 0 radical (unpaired) electrons. The van der Waals surface area contributed by atoms with Crippen molar-refractivity contribution in [1.29, 1.82) is 0 Å². The SMILES string of the molecule is CSc1cc(F)c(C(=O)c2ccccc2)c(F)c1. The Kier molecular flexibility index (Phi) is 3.77. The van der Waals surface area contributed by atoms with E-state index in [1.165, 1.54) is 36.0 Å². The van der Waals surface area contributed by atoms with Crippen molar-refractivity contribution >= 4 is 17.5 Å². The lowest BCUT2D eigenvalue weighted by Gasteiger charge is -2.06. The summed E-state index contributed by atoms with van der Waals surface area (Å²) in [6.45, 7) is 0. The van der Waals surface area contributed by atoms with Crippen molar-refractivity contribution < 1.29 is 13.6 Å². The van der Waals surface area contributed by atoms with Crippen LogP contribution in [0.5, 0.6) is 0 Å². The number of hydrogen-bond donors (Lipinski definition) is 0. The lowest BCUT2D eigenvalue weighted by atomic mass is 10.0. The van der Waals surface area contributed by atoms with Crippen LogP contribution in [-0.4, -0.2) is 12.0 Å². The van der Waals surface area contributed by atoms with E-state index in [0.29, 0.717) is 4.90 Å². The summed E-state index contributed by atoms with van der Waals surface area (Å²) in [5.41, 5.74) is -0.230. The minimum atomic E-state index is -0.826. The topological polar surface area (TPSA) is 17.1 Å². The summed E-state index contributed by atoms with van der Waals surface area (Å²) in [5.74, 6) is -2.29. The molecule has 0 aliphatic rings. The zero-order valence-electron chi connectivity index (χ0n) is 9.61. The highest BCUT2D eigenvalue weighted by Crippen LogP contribution is 2.23. The molecule has 92 valence electrons. The van der Waals surface area contributed by atoms with E-state index in [4.69, 9.17) is 0 Å². The maximum Gasteiger partial charge on any atom is 0.198 e. The number of ketones is 1. The third kappa shape index (κ3) is 2.43. The van der Waals surface area contributed by atoms with Gasteiger partial charge < -0.3 is 0 Å². The Balaban J connectivity index is 2.49. The number of halogens is 2. The van der Waals surface area contributed by atoms with E-state index in [1.807, 2.05) is 0 Å². The molecule has 0 unspecified atom stereocenters. The highest BCUT2D eigenvalue weighted by molar-refractivity contribution is 7.98. The van der Waals surface area contributed by atoms with Gasteiger partial charge in [0.15, 0.2) is 5.78 Å². The van der Waals surface area contributed by atoms with E-state index in [0.717, 1.165) is 0 Å². The fourth-order valence-corrected chi connectivity index (χ4v) is 2.06. The molecule has 0 spiro atoms. The van der Waals surface area contributed by atoms with E-state index < -0.39 is 23.0 Å². The Morgan fingerprint density at radius 1 is 1.06 bits per heavy atom. The maximum absolute atomic E-state index is 13.8. The molecule has 2 aromatic rings. The van der Waals surface area contributed by atoms with Crippen molar-refractivity contribution in [3.63, 3.8) is 0 Å². The van der Waals surface area contributed by atoms with Gasteiger partial charge >= 0.3 is 0 Å². The third-order valence-corrected chi connectivity index (χ3v) is 3.22. The average molecular weight is 264 g/mol. The highest BCUT2D eigenvalue weighted by atomic mass is 32.2. The smallest absolute Gasteiger partial charge is 0.198 e. The molecule has 0 fully saturated rings. The summed E-state index contributed by atoms with van der Waals surface area (Å²) in [6, 6.07) is 10.4. The quantitative estimate of drug-likeness (QED) is 0.617. The van der Waals surface area contributed by atoms with Crippen LogP contribution in [0.25, 0.3) is 0 Å². The van der Waals surface area contributed by atoms with Crippen LogP contribution in [0.4, 0.5) is 8.78 Å². The van der Waals surface area contributed by atoms with Gasteiger partial charge in [-0.25, -0.2) is 8.78 Å². The first-order valence-corrected chi connectivity index (χ1v) is 6.48. The lowest BCUT2D eigenvalue weighted by Crippen LogP contribution is -2.07. The second kappa shape index (κ2) is 5.31. The number of hydrogen-bond acceptors (Lipinski definition) is 2. The van der Waals surface area contributed by atoms with E-state index >= 15 is 0 Å². The van der Waals surface area contributed by atoms with E-state index in [1.54, 1.807) is 24.5 Å². The van der Waals surface area contributed by atoms with Gasteiger partial charge in [-0.05, 0) is 18.4 Å². The van der Waals surface area contributed by atoms with Crippen LogP contribution >= 0.6 is 11.8 Å². The maximum atomic E-state index is 13.8. The molecule has 0 atom stereocenters. The van der Waals surface area contributed by atoms with Crippen LogP contribution < -0.4 is 0 Å². The van der Waals surface area contributed by atoms with E-state index in [-0.39, 0.29) is 5.56 Å². The van der Waals surface area contributed by atoms with Crippen molar-refractivity contribution in [3.05, 3.63) is 65.2 Å². The minimum Gasteiger partial charge on any atom is -0.288 e. The molecule has 0 saturated heterocycles. The molecule has 1 nitrogen and oxygen atoms in total. The molecular formula is C14H10F2OS. The lowest BCUT2D eigenvalue weighted by molar-refractivity contribution is 0.103. The van der Waals surface area contributed by atoms with Gasteiger partial charge in [0.05, 0.1) is 5.56 Å². The van der Waals surface area contributed by atoms with Crippen LogP contribution in [0.3, 0.4) is 0 Å². The molecule has 0 heterocycles. The normalized spacial score (nSPS) is 10.4. The first-order valence-electron chi connectivity index (χ1n) is 5.26. The van der Waals surface area contributed by atoms with Crippen LogP contribution in [0, 0.1) is 11.6 Å². The van der Waals surface area contributed by atoms with Crippen molar-refractivity contribution in [2.45, 2.75) is 4.90 Å². The molecule has 0 saturated carbocycles. The summed E-state index contributed by atoms with van der Waals surface area (Å²) in [5, 5.41) is 0. The Bertz CT molecular complexity index is 559. The molecule has 18 heavy (non-hydrogen) atoms. The van der Waals surface area contributed by atoms with Gasteiger partial charge in [0.2, 0.25) is 0 Å². The predicted molar refractivity (Wildman–Crippen MR) is 68.0 cm³/mol. The van der Waals surface area contributed by atoms with Gasteiger partial charge in [-0.15, -0.1) is 11.8 Å². The predicted octanol–water partition coefficient (Wildman–Crippen LogP) is 3.92. The zero-order valence-corrected chi connectivity index (χ0v) is 10.4. The van der Waals surface area contributed by atoms with Crippen molar-refractivity contribution in [3.8, 4) is 0 Å². The molecule has 2 aromatic carbocycles. The molecule has 0 aromatic heterocycles. The second-order valence-corrected chi connectivity index (χ2v) is 4.54. The summed E-state index contributed by atoms with van der Waals surface area (Å²) < 4.78 is 27.5. The first-order chi connectivity index (χ1) is 8.63. The van der Waals surface area contributed by atoms with Gasteiger partial charge in [0, 0.05) is 10.5 Å². The molecule has 0 N–H and O–H groups in total. The van der Waals surface area contributed by atoms with E-state index in [9.17, 15) is 13.6 Å². The van der Waals surface area contributed by atoms with Crippen LogP contribution in [0.2, 0.25) is 0 Å². The zero-order chi connectivity index (χ0) is 13.1. The van der Waals surface area contributed by atoms with Gasteiger partial charge in [0.25, 0.3) is 0 Å². The van der Waals surface area contributed by atoms with Crippen molar-refractivity contribution in [1.82, 2.24) is 0 Å². The van der Waals surface area contributed by atoms with Gasteiger partial charge in [-0.2, -0.15) is 0 Å². The number of carbonyl (C=O) groups is 1. The minimum absolute atomic E-state index is 0.271. The molecule has 0 aliphatic carbocycles. The number of thioether (sulfide) groups is 1. The summed E-state index contributed by atoms with van der Waals surface area (Å²) >= 11 is 1.22. The van der Waals surface area contributed by atoms with Crippen LogP contribution in [-0.2, 0) is 0 Å². The Labute approximate surface area is 108 Å². The number of benzene rings is 2. The van der Waals surface area contributed by atoms with Gasteiger partial charge in [-0.1, -0.05) is 30.3 Å². The third-order valence-electron chi connectivity index (χ3n) is 2.51. The number of carbonyl (C=O) groups excluding carboxylic acids is 1. The molecule has 0 bridgehead atoms. The molecular weight excluding hydrogens is 254 g/mol. The largest absolute Gasteiger partial charge is 0.288 e. The van der Waals surface area contributed by atoms with Crippen LogP contribution in [0.15, 0.2) is 47.4 Å². The first kappa shape index (κ1) is 12.8. The fourth-order valence-electron chi connectivity index (χ4n) is 1.62. The van der Waals surface area contributed by atoms with Crippen LogP contribution in [0.1, 0.15) is 15.9 Å². The monoisotopic (exact) mass is 264 g/mol. The highest BCUT2D eigenvalue weighted by Gasteiger charge is 2.19. The molecule has 0 aliphatic heterocycles. The van der Waals surface area contributed by atoms with Gasteiger partial charge in [0.1, 0.15) is 11.6 Å². The average Bonchev–Trinajstić information content (AvgIpc) is 2.38. The van der Waals surface area contributed by atoms with Gasteiger partial charge in [-0.3, -0.25) is 4.79 Å². The van der Waals surface area contributed by atoms with E-state index in [2.05, 4.69) is 0 Å². The summed E-state index contributed by atoms with van der Waals surface area (Å²) in [7, 11) is 0. The standard InChI is InChI=1S/C14H10F2OS/c1-18-10-7-11(15)13(12(16)8-10)14(17)9-5-3-2-4-6-9/h2-8H,1H3. The Morgan fingerprint density at radius 2 is 1.61 bits per heavy atom. The number of rotatable bonds is 3. The Hall–Kier alpha value is -1.68. The molecule has 4 heteroatoms. The molecule has 2 rings (SSSR count). The van der Waals surface area contributed by atoms with Crippen molar-refractivity contribution in [2.24, 2.45) is 0 Å². The fraction of sp³-hybridized carbons (Fsp3) is 0.0714. The summed E-state index contributed by atoms with van der Waals surface area (Å²) in [4.78, 5) is 12.5. The Morgan fingerprint density at radius 3 is 2.11 bits per heavy atom. The summed E-state index contributed by atoms with van der Waals surface area (Å²) in [6.07, 6.45) is 1.72. The second-order valence-electron chi connectivity index (χ2n) is 3.66.